The predicted molar refractivity (Wildman–Crippen MR) is 68.1 cm³/mol. The molecular formula is C13H22N2O2. The third kappa shape index (κ3) is 5.15. The predicted octanol–water partition coefficient (Wildman–Crippen LogP) is 1.65. The zero-order valence-electron chi connectivity index (χ0n) is 11.0. The van der Waals surface area contributed by atoms with E-state index in [2.05, 4.69) is 17.2 Å². The number of hydrogen-bond donors (Lipinski definition) is 2. The molecule has 1 heterocycles. The van der Waals surface area contributed by atoms with Gasteiger partial charge in [0.05, 0.1) is 18.9 Å². The molecule has 0 bridgehead atoms. The summed E-state index contributed by atoms with van der Waals surface area (Å²) >= 11 is 0. The maximum absolute atomic E-state index is 9.27. The van der Waals surface area contributed by atoms with Crippen LogP contribution in [0.25, 0.3) is 0 Å². The molecular weight excluding hydrogens is 216 g/mol. The monoisotopic (exact) mass is 238 g/mol. The summed E-state index contributed by atoms with van der Waals surface area (Å²) in [6, 6.07) is 4.10. The van der Waals surface area contributed by atoms with Crippen molar-refractivity contribution >= 4 is 0 Å². The molecule has 0 fully saturated rings. The summed E-state index contributed by atoms with van der Waals surface area (Å²) in [4.78, 5) is 4.43. The van der Waals surface area contributed by atoms with Crippen molar-refractivity contribution < 1.29 is 9.84 Å². The first-order chi connectivity index (χ1) is 8.01. The first-order valence-electron chi connectivity index (χ1n) is 5.94. The van der Waals surface area contributed by atoms with Crippen LogP contribution in [-0.2, 0) is 6.54 Å². The van der Waals surface area contributed by atoms with Gasteiger partial charge in [-0.1, -0.05) is 0 Å². The number of ether oxygens (including phenoxy) is 1. The fourth-order valence-corrected chi connectivity index (χ4v) is 1.79. The van der Waals surface area contributed by atoms with Crippen molar-refractivity contribution in [3.8, 4) is 5.75 Å². The third-order valence-corrected chi connectivity index (χ3v) is 2.54. The second-order valence-electron chi connectivity index (χ2n) is 4.51. The molecule has 17 heavy (non-hydrogen) atoms. The summed E-state index contributed by atoms with van der Waals surface area (Å²) in [5, 5.41) is 12.6. The van der Waals surface area contributed by atoms with Crippen molar-refractivity contribution in [2.24, 2.45) is 0 Å². The Morgan fingerprint density at radius 3 is 2.71 bits per heavy atom. The zero-order valence-corrected chi connectivity index (χ0v) is 11.0. The highest BCUT2D eigenvalue weighted by atomic mass is 16.5. The summed E-state index contributed by atoms with van der Waals surface area (Å²) in [7, 11) is 1.65. The van der Waals surface area contributed by atoms with Gasteiger partial charge in [0.2, 0.25) is 0 Å². The largest absolute Gasteiger partial charge is 0.497 e. The highest BCUT2D eigenvalue weighted by Crippen LogP contribution is 2.13. The Morgan fingerprint density at radius 2 is 2.12 bits per heavy atom. The minimum absolute atomic E-state index is 0.267. The van der Waals surface area contributed by atoms with E-state index in [4.69, 9.17) is 4.74 Å². The van der Waals surface area contributed by atoms with Crippen LogP contribution in [0, 0.1) is 6.92 Å². The molecule has 0 aromatic carbocycles. The van der Waals surface area contributed by atoms with E-state index in [1.165, 1.54) is 0 Å². The van der Waals surface area contributed by atoms with E-state index in [9.17, 15) is 5.11 Å². The van der Waals surface area contributed by atoms with Gasteiger partial charge in [0.25, 0.3) is 0 Å². The Balaban J connectivity index is 2.54. The number of aliphatic hydroxyl groups is 1. The van der Waals surface area contributed by atoms with Crippen LogP contribution in [0.3, 0.4) is 0 Å². The summed E-state index contributed by atoms with van der Waals surface area (Å²) in [5.41, 5.74) is 1.91. The highest BCUT2D eigenvalue weighted by Gasteiger charge is 2.06. The van der Waals surface area contributed by atoms with Crippen LogP contribution in [-0.4, -0.2) is 29.3 Å². The molecule has 1 rings (SSSR count). The third-order valence-electron chi connectivity index (χ3n) is 2.54. The lowest BCUT2D eigenvalue weighted by atomic mass is 10.1. The SMILES string of the molecule is COc1cc(C)nc(CNC(C)CC(C)O)c1. The second kappa shape index (κ2) is 6.57. The Morgan fingerprint density at radius 1 is 1.41 bits per heavy atom. The minimum atomic E-state index is -0.280. The number of hydrogen-bond acceptors (Lipinski definition) is 4. The van der Waals surface area contributed by atoms with Crippen LogP contribution in [0.5, 0.6) is 5.75 Å². The Labute approximate surface area is 103 Å². The van der Waals surface area contributed by atoms with Gasteiger partial charge in [-0.3, -0.25) is 4.98 Å². The van der Waals surface area contributed by atoms with Gasteiger partial charge < -0.3 is 15.2 Å². The van der Waals surface area contributed by atoms with Crippen molar-refractivity contribution in [2.45, 2.75) is 45.9 Å². The minimum Gasteiger partial charge on any atom is -0.497 e. The van der Waals surface area contributed by atoms with Crippen LogP contribution >= 0.6 is 0 Å². The molecule has 0 aliphatic heterocycles. The van der Waals surface area contributed by atoms with Gasteiger partial charge >= 0.3 is 0 Å². The van der Waals surface area contributed by atoms with E-state index in [0.29, 0.717) is 6.54 Å². The maximum atomic E-state index is 9.27. The molecule has 2 unspecified atom stereocenters. The number of methoxy groups -OCH3 is 1. The van der Waals surface area contributed by atoms with E-state index < -0.39 is 0 Å². The van der Waals surface area contributed by atoms with Crippen LogP contribution in [0.1, 0.15) is 31.7 Å². The molecule has 0 saturated heterocycles. The number of nitrogens with one attached hydrogen (secondary N) is 1. The van der Waals surface area contributed by atoms with E-state index in [1.54, 1.807) is 14.0 Å². The summed E-state index contributed by atoms with van der Waals surface area (Å²) < 4.78 is 5.20. The highest BCUT2D eigenvalue weighted by molar-refractivity contribution is 5.26. The molecule has 96 valence electrons. The quantitative estimate of drug-likeness (QED) is 0.791. The normalized spacial score (nSPS) is 14.4. The molecule has 1 aromatic rings. The van der Waals surface area contributed by atoms with E-state index in [1.807, 2.05) is 19.1 Å². The zero-order chi connectivity index (χ0) is 12.8. The number of aliphatic hydroxyl groups excluding tert-OH is 1. The molecule has 0 aliphatic rings. The van der Waals surface area contributed by atoms with E-state index in [0.717, 1.165) is 23.6 Å². The van der Waals surface area contributed by atoms with E-state index in [-0.39, 0.29) is 12.1 Å². The van der Waals surface area contributed by atoms with Crippen molar-refractivity contribution in [3.63, 3.8) is 0 Å². The number of aryl methyl sites for hydroxylation is 1. The molecule has 4 heteroatoms. The summed E-state index contributed by atoms with van der Waals surface area (Å²) in [5.74, 6) is 0.831. The Hall–Kier alpha value is -1.13. The first-order valence-corrected chi connectivity index (χ1v) is 5.94. The van der Waals surface area contributed by atoms with Gasteiger partial charge in [0.15, 0.2) is 0 Å². The van der Waals surface area contributed by atoms with Gasteiger partial charge in [0.1, 0.15) is 5.75 Å². The van der Waals surface area contributed by atoms with E-state index >= 15 is 0 Å². The molecule has 0 aliphatic carbocycles. The molecule has 2 N–H and O–H groups in total. The number of aromatic nitrogens is 1. The summed E-state index contributed by atoms with van der Waals surface area (Å²) in [6.07, 6.45) is 0.459. The second-order valence-corrected chi connectivity index (χ2v) is 4.51. The van der Waals surface area contributed by atoms with Gasteiger partial charge in [-0.05, 0) is 27.2 Å². The van der Waals surface area contributed by atoms with Crippen molar-refractivity contribution in [1.82, 2.24) is 10.3 Å². The molecule has 0 amide bonds. The van der Waals surface area contributed by atoms with Crippen molar-refractivity contribution in [2.75, 3.05) is 7.11 Å². The van der Waals surface area contributed by atoms with Gasteiger partial charge in [-0.25, -0.2) is 0 Å². The molecule has 0 spiro atoms. The van der Waals surface area contributed by atoms with Gasteiger partial charge in [-0.15, -0.1) is 0 Å². The maximum Gasteiger partial charge on any atom is 0.122 e. The number of pyridine rings is 1. The summed E-state index contributed by atoms with van der Waals surface area (Å²) in [6.45, 7) is 6.49. The number of nitrogens with zero attached hydrogens (tertiary/aromatic N) is 1. The molecule has 2 atom stereocenters. The molecule has 0 saturated carbocycles. The molecule has 0 radical (unpaired) electrons. The lowest BCUT2D eigenvalue weighted by Crippen LogP contribution is -2.29. The van der Waals surface area contributed by atoms with Crippen molar-refractivity contribution in [3.05, 3.63) is 23.5 Å². The average Bonchev–Trinajstić information content (AvgIpc) is 2.24. The Bertz CT molecular complexity index is 353. The fraction of sp³-hybridized carbons (Fsp3) is 0.615. The first kappa shape index (κ1) is 13.9. The van der Waals surface area contributed by atoms with Gasteiger partial charge in [0, 0.05) is 30.4 Å². The van der Waals surface area contributed by atoms with Crippen LogP contribution < -0.4 is 10.1 Å². The van der Waals surface area contributed by atoms with Crippen LogP contribution in [0.15, 0.2) is 12.1 Å². The smallest absolute Gasteiger partial charge is 0.122 e. The standard InChI is InChI=1S/C13H22N2O2/c1-9(5-11(3)16)14-8-12-7-13(17-4)6-10(2)15-12/h6-7,9,11,14,16H,5,8H2,1-4H3. The molecule has 4 nitrogen and oxygen atoms in total. The van der Waals surface area contributed by atoms with Crippen LogP contribution in [0.4, 0.5) is 0 Å². The van der Waals surface area contributed by atoms with Crippen LogP contribution in [0.2, 0.25) is 0 Å². The van der Waals surface area contributed by atoms with Crippen molar-refractivity contribution in [1.29, 1.82) is 0 Å². The molecule has 1 aromatic heterocycles. The lowest BCUT2D eigenvalue weighted by Gasteiger charge is -2.15. The lowest BCUT2D eigenvalue weighted by molar-refractivity contribution is 0.170. The number of rotatable bonds is 6. The fourth-order valence-electron chi connectivity index (χ4n) is 1.79. The van der Waals surface area contributed by atoms with Gasteiger partial charge in [-0.2, -0.15) is 0 Å². The average molecular weight is 238 g/mol. The Kier molecular flexibility index (Phi) is 5.38. The topological polar surface area (TPSA) is 54.4 Å².